The summed E-state index contributed by atoms with van der Waals surface area (Å²) >= 11 is 0. The van der Waals surface area contributed by atoms with Crippen LogP contribution >= 0.6 is 0 Å². The number of nitrogens with two attached hydrogens (primary N) is 1. The first-order valence-corrected chi connectivity index (χ1v) is 3.72. The molecule has 0 radical (unpaired) electrons. The second-order valence-corrected chi connectivity index (χ2v) is 1.63. The van der Waals surface area contributed by atoms with Gasteiger partial charge in [-0.1, -0.05) is 13.8 Å². The summed E-state index contributed by atoms with van der Waals surface area (Å²) < 4.78 is 0. The number of rotatable bonds is 3. The fourth-order valence-corrected chi connectivity index (χ4v) is 0.366. The molecule has 0 unspecified atom stereocenters. The molecule has 0 aromatic heterocycles. The van der Waals surface area contributed by atoms with E-state index in [2.05, 4.69) is 5.32 Å². The van der Waals surface area contributed by atoms with E-state index in [4.69, 9.17) is 5.73 Å². The smallest absolute Gasteiger partial charge is 0.216 e. The van der Waals surface area contributed by atoms with E-state index in [-0.39, 0.29) is 8.76 Å². The standard InChI is InChI=1S/C5H12N2O.C2H6.2H2/c1-5(8)7-4-2-3-6;1-2;;/h2-4,6H2,1H3,(H,7,8);1-2H3;2*1H. The summed E-state index contributed by atoms with van der Waals surface area (Å²) in [5.41, 5.74) is 5.16. The van der Waals surface area contributed by atoms with Crippen molar-refractivity contribution in [1.29, 1.82) is 0 Å². The van der Waals surface area contributed by atoms with Crippen LogP contribution in [0.4, 0.5) is 0 Å². The molecule has 66 valence electrons. The van der Waals surface area contributed by atoms with Gasteiger partial charge in [-0.25, -0.2) is 0 Å². The molecular formula is C7H22N2O. The van der Waals surface area contributed by atoms with Crippen molar-refractivity contribution in [3.63, 3.8) is 0 Å². The summed E-state index contributed by atoms with van der Waals surface area (Å²) in [4.78, 5) is 10.2. The van der Waals surface area contributed by atoms with E-state index in [0.717, 1.165) is 6.42 Å². The van der Waals surface area contributed by atoms with Gasteiger partial charge in [-0.15, -0.1) is 0 Å². The zero-order chi connectivity index (χ0) is 8.41. The van der Waals surface area contributed by atoms with Gasteiger partial charge in [-0.05, 0) is 13.0 Å². The molecule has 0 aliphatic carbocycles. The Morgan fingerprint density at radius 3 is 2.40 bits per heavy atom. The van der Waals surface area contributed by atoms with E-state index in [1.54, 1.807) is 0 Å². The Morgan fingerprint density at radius 1 is 1.60 bits per heavy atom. The molecule has 0 aliphatic heterocycles. The van der Waals surface area contributed by atoms with Gasteiger partial charge in [-0.2, -0.15) is 0 Å². The highest BCUT2D eigenvalue weighted by Crippen LogP contribution is 1.67. The van der Waals surface area contributed by atoms with Crippen LogP contribution in [0.3, 0.4) is 0 Å². The lowest BCUT2D eigenvalue weighted by atomic mass is 10.4. The van der Waals surface area contributed by atoms with Crippen molar-refractivity contribution >= 4 is 5.91 Å². The number of nitrogens with one attached hydrogen (secondary N) is 1. The number of amides is 1. The van der Waals surface area contributed by atoms with E-state index in [1.807, 2.05) is 13.8 Å². The Hall–Kier alpha value is -0.570. The second kappa shape index (κ2) is 11.3. The predicted octanol–water partition coefficient (Wildman–Crippen LogP) is 0.990. The highest BCUT2D eigenvalue weighted by molar-refractivity contribution is 5.72. The van der Waals surface area contributed by atoms with E-state index >= 15 is 0 Å². The Bertz CT molecular complexity index is 81.8. The van der Waals surface area contributed by atoms with Gasteiger partial charge in [0.15, 0.2) is 0 Å². The molecule has 0 aromatic carbocycles. The zero-order valence-corrected chi connectivity index (χ0v) is 7.11. The van der Waals surface area contributed by atoms with E-state index in [1.165, 1.54) is 6.92 Å². The Kier molecular flexibility index (Phi) is 13.7. The van der Waals surface area contributed by atoms with Crippen molar-refractivity contribution in [2.75, 3.05) is 13.1 Å². The molecule has 10 heavy (non-hydrogen) atoms. The van der Waals surface area contributed by atoms with Crippen molar-refractivity contribution in [1.82, 2.24) is 5.32 Å². The Balaban J connectivity index is -0.0000000740. The minimum Gasteiger partial charge on any atom is -0.356 e. The lowest BCUT2D eigenvalue weighted by Crippen LogP contribution is -2.22. The molecule has 0 aliphatic rings. The summed E-state index contributed by atoms with van der Waals surface area (Å²) in [5.74, 6) is 0.0125. The van der Waals surface area contributed by atoms with Gasteiger partial charge in [0.2, 0.25) is 5.91 Å². The molecule has 0 saturated carbocycles. The molecule has 1 amide bonds. The Labute approximate surface area is 66.0 Å². The number of hydrogen-bond donors (Lipinski definition) is 2. The average Bonchev–Trinajstić information content (AvgIpc) is 1.92. The molecular weight excluding hydrogens is 128 g/mol. The summed E-state index contributed by atoms with van der Waals surface area (Å²) in [5, 5.41) is 2.63. The van der Waals surface area contributed by atoms with Crippen molar-refractivity contribution in [3.8, 4) is 0 Å². The summed E-state index contributed by atoms with van der Waals surface area (Å²) in [7, 11) is 0. The van der Waals surface area contributed by atoms with Crippen LogP contribution in [-0.2, 0) is 4.79 Å². The lowest BCUT2D eigenvalue weighted by molar-refractivity contribution is -0.118. The summed E-state index contributed by atoms with van der Waals surface area (Å²) in [6.45, 7) is 6.84. The highest BCUT2D eigenvalue weighted by atomic mass is 16.1. The number of hydrogen-bond acceptors (Lipinski definition) is 2. The minimum absolute atomic E-state index is 0. The van der Waals surface area contributed by atoms with E-state index < -0.39 is 0 Å². The molecule has 0 heterocycles. The van der Waals surface area contributed by atoms with Crippen molar-refractivity contribution in [2.24, 2.45) is 5.73 Å². The number of carbonyl (C=O) groups excluding carboxylic acids is 1. The molecule has 0 fully saturated rings. The van der Waals surface area contributed by atoms with Crippen LogP contribution in [0.15, 0.2) is 0 Å². The molecule has 3 nitrogen and oxygen atoms in total. The molecule has 0 atom stereocenters. The third-order valence-electron chi connectivity index (χ3n) is 0.755. The van der Waals surface area contributed by atoms with Crippen LogP contribution in [0.25, 0.3) is 0 Å². The highest BCUT2D eigenvalue weighted by Gasteiger charge is 1.85. The van der Waals surface area contributed by atoms with Gasteiger partial charge in [0.1, 0.15) is 0 Å². The van der Waals surface area contributed by atoms with Gasteiger partial charge in [0.25, 0.3) is 0 Å². The van der Waals surface area contributed by atoms with Gasteiger partial charge in [0.05, 0.1) is 0 Å². The molecule has 0 spiro atoms. The Morgan fingerprint density at radius 2 is 2.10 bits per heavy atom. The van der Waals surface area contributed by atoms with Gasteiger partial charge >= 0.3 is 0 Å². The molecule has 0 bridgehead atoms. The van der Waals surface area contributed by atoms with Crippen LogP contribution in [-0.4, -0.2) is 19.0 Å². The third-order valence-corrected chi connectivity index (χ3v) is 0.755. The monoisotopic (exact) mass is 150 g/mol. The van der Waals surface area contributed by atoms with Crippen LogP contribution in [0, 0.1) is 0 Å². The SMILES string of the molecule is CC.CC(=O)NCCCN.[HH].[HH]. The minimum atomic E-state index is 0. The first-order valence-electron chi connectivity index (χ1n) is 3.72. The van der Waals surface area contributed by atoms with E-state index in [9.17, 15) is 4.79 Å². The van der Waals surface area contributed by atoms with Crippen LogP contribution in [0.5, 0.6) is 0 Å². The maximum absolute atomic E-state index is 10.2. The predicted molar refractivity (Wildman–Crippen MR) is 47.9 cm³/mol. The van der Waals surface area contributed by atoms with Crippen molar-refractivity contribution < 1.29 is 7.65 Å². The largest absolute Gasteiger partial charge is 0.356 e. The molecule has 0 aromatic rings. The lowest BCUT2D eigenvalue weighted by Gasteiger charge is -1.96. The fraction of sp³-hybridized carbons (Fsp3) is 0.857. The first kappa shape index (κ1) is 12.1. The summed E-state index contributed by atoms with van der Waals surface area (Å²) in [6.07, 6.45) is 0.861. The molecule has 3 heteroatoms. The van der Waals surface area contributed by atoms with Crippen molar-refractivity contribution in [2.45, 2.75) is 27.2 Å². The summed E-state index contributed by atoms with van der Waals surface area (Å²) in [6, 6.07) is 0. The maximum Gasteiger partial charge on any atom is 0.216 e. The zero-order valence-electron chi connectivity index (χ0n) is 7.11. The average molecular weight is 150 g/mol. The fourth-order valence-electron chi connectivity index (χ4n) is 0.366. The van der Waals surface area contributed by atoms with Crippen LogP contribution in [0.2, 0.25) is 0 Å². The number of carbonyl (C=O) groups is 1. The van der Waals surface area contributed by atoms with Crippen molar-refractivity contribution in [3.05, 3.63) is 0 Å². The normalized spacial score (nSPS) is 7.60. The van der Waals surface area contributed by atoms with Gasteiger partial charge in [0, 0.05) is 16.3 Å². The quantitative estimate of drug-likeness (QED) is 0.589. The topological polar surface area (TPSA) is 55.1 Å². The van der Waals surface area contributed by atoms with Crippen LogP contribution in [0.1, 0.15) is 30.0 Å². The maximum atomic E-state index is 10.2. The third kappa shape index (κ3) is 15.7. The molecule has 0 saturated heterocycles. The first-order chi connectivity index (χ1) is 4.77. The molecule has 3 N–H and O–H groups in total. The van der Waals surface area contributed by atoms with Gasteiger partial charge < -0.3 is 11.1 Å². The van der Waals surface area contributed by atoms with Gasteiger partial charge in [-0.3, -0.25) is 4.79 Å². The van der Waals surface area contributed by atoms with Crippen LogP contribution < -0.4 is 11.1 Å². The van der Waals surface area contributed by atoms with E-state index in [0.29, 0.717) is 13.1 Å². The second-order valence-electron chi connectivity index (χ2n) is 1.63. The molecule has 0 rings (SSSR count).